The molecule has 0 radical (unpaired) electrons. The summed E-state index contributed by atoms with van der Waals surface area (Å²) in [6, 6.07) is 17.4. The summed E-state index contributed by atoms with van der Waals surface area (Å²) in [4.78, 5) is 12.0. The van der Waals surface area contributed by atoms with Crippen LogP contribution in [0, 0.1) is 25.2 Å². The second-order valence-corrected chi connectivity index (χ2v) is 5.09. The van der Waals surface area contributed by atoms with Gasteiger partial charge in [0.05, 0.1) is 7.11 Å². The zero-order chi connectivity index (χ0) is 16.1. The van der Waals surface area contributed by atoms with Gasteiger partial charge in [0.1, 0.15) is 11.6 Å². The van der Waals surface area contributed by atoms with E-state index >= 15 is 0 Å². The molecule has 2 aromatic carbocycles. The summed E-state index contributed by atoms with van der Waals surface area (Å²) >= 11 is 0. The van der Waals surface area contributed by atoms with Crippen LogP contribution in [-0.4, -0.2) is 13.1 Å². The fourth-order valence-electron chi connectivity index (χ4n) is 2.20. The van der Waals surface area contributed by atoms with Crippen molar-refractivity contribution in [3.63, 3.8) is 0 Å². The van der Waals surface area contributed by atoms with Crippen LogP contribution in [0.15, 0.2) is 54.1 Å². The van der Waals surface area contributed by atoms with E-state index in [9.17, 15) is 10.1 Å². The van der Waals surface area contributed by atoms with E-state index in [1.165, 1.54) is 7.11 Å². The Bertz CT molecular complexity index is 700. The van der Waals surface area contributed by atoms with Crippen LogP contribution < -0.4 is 0 Å². The molecule has 0 fully saturated rings. The van der Waals surface area contributed by atoms with Crippen LogP contribution >= 0.6 is 0 Å². The van der Waals surface area contributed by atoms with E-state index in [1.54, 1.807) is 0 Å². The maximum atomic E-state index is 12.0. The zero-order valence-corrected chi connectivity index (χ0v) is 12.9. The number of hydrogen-bond donors (Lipinski definition) is 0. The number of carbonyl (C=O) groups excluding carboxylic acids is 1. The number of nitrogens with zero attached hydrogens (tertiary/aromatic N) is 1. The topological polar surface area (TPSA) is 50.1 Å². The van der Waals surface area contributed by atoms with Crippen LogP contribution in [0.4, 0.5) is 0 Å². The zero-order valence-electron chi connectivity index (χ0n) is 12.9. The third kappa shape index (κ3) is 3.24. The Morgan fingerprint density at radius 3 is 1.64 bits per heavy atom. The molecule has 0 bridgehead atoms. The molecule has 0 heterocycles. The summed E-state index contributed by atoms with van der Waals surface area (Å²) in [5, 5.41) is 9.42. The summed E-state index contributed by atoms with van der Waals surface area (Å²) < 4.78 is 4.76. The van der Waals surface area contributed by atoms with E-state index in [1.807, 2.05) is 68.4 Å². The number of ether oxygens (including phenoxy) is 1. The van der Waals surface area contributed by atoms with Gasteiger partial charge in [-0.3, -0.25) is 0 Å². The van der Waals surface area contributed by atoms with Gasteiger partial charge in [0, 0.05) is 5.57 Å². The van der Waals surface area contributed by atoms with E-state index in [0.717, 1.165) is 22.3 Å². The van der Waals surface area contributed by atoms with Crippen LogP contribution in [0.2, 0.25) is 0 Å². The first kappa shape index (κ1) is 15.5. The van der Waals surface area contributed by atoms with Crippen LogP contribution in [-0.2, 0) is 9.53 Å². The molecular formula is C19H17NO2. The summed E-state index contributed by atoms with van der Waals surface area (Å²) in [5.41, 5.74) is 4.46. The van der Waals surface area contributed by atoms with E-state index in [0.29, 0.717) is 5.57 Å². The lowest BCUT2D eigenvalue weighted by atomic mass is 9.92. The molecule has 2 rings (SSSR count). The van der Waals surface area contributed by atoms with Gasteiger partial charge in [0.15, 0.2) is 0 Å². The lowest BCUT2D eigenvalue weighted by molar-refractivity contribution is -0.135. The fraction of sp³-hybridized carbons (Fsp3) is 0.158. The molecule has 0 aliphatic carbocycles. The highest BCUT2D eigenvalue weighted by Gasteiger charge is 2.19. The fourth-order valence-corrected chi connectivity index (χ4v) is 2.20. The summed E-state index contributed by atoms with van der Waals surface area (Å²) in [6.07, 6.45) is 0. The number of rotatable bonds is 3. The SMILES string of the molecule is COC(=O)C(C#N)=C(c1ccc(C)cc1)c1ccc(C)cc1. The molecule has 2 aromatic rings. The molecule has 0 amide bonds. The Morgan fingerprint density at radius 2 is 1.32 bits per heavy atom. The number of methoxy groups -OCH3 is 1. The minimum Gasteiger partial charge on any atom is -0.465 e. The van der Waals surface area contributed by atoms with E-state index in [4.69, 9.17) is 4.74 Å². The predicted octanol–water partition coefficient (Wildman–Crippen LogP) is 3.80. The molecule has 0 unspecified atom stereocenters. The number of carbonyl (C=O) groups is 1. The largest absolute Gasteiger partial charge is 0.465 e. The number of benzene rings is 2. The van der Waals surface area contributed by atoms with Crippen molar-refractivity contribution >= 4 is 11.5 Å². The lowest BCUT2D eigenvalue weighted by Crippen LogP contribution is -2.07. The van der Waals surface area contributed by atoms with Crippen LogP contribution in [0.3, 0.4) is 0 Å². The molecule has 0 aromatic heterocycles. The molecule has 0 saturated carbocycles. The van der Waals surface area contributed by atoms with Gasteiger partial charge in [0.25, 0.3) is 0 Å². The van der Waals surface area contributed by atoms with Crippen molar-refractivity contribution in [1.29, 1.82) is 5.26 Å². The Balaban J connectivity index is 2.71. The summed E-state index contributed by atoms with van der Waals surface area (Å²) in [5.74, 6) is -0.626. The van der Waals surface area contributed by atoms with Gasteiger partial charge in [-0.15, -0.1) is 0 Å². The Morgan fingerprint density at radius 1 is 0.909 bits per heavy atom. The maximum absolute atomic E-state index is 12.0. The molecular weight excluding hydrogens is 274 g/mol. The number of nitriles is 1. The van der Waals surface area contributed by atoms with Gasteiger partial charge in [-0.1, -0.05) is 59.7 Å². The molecule has 0 aliphatic rings. The molecule has 110 valence electrons. The van der Waals surface area contributed by atoms with Gasteiger partial charge < -0.3 is 4.74 Å². The van der Waals surface area contributed by atoms with Crippen molar-refractivity contribution in [1.82, 2.24) is 0 Å². The van der Waals surface area contributed by atoms with Gasteiger partial charge in [-0.05, 0) is 25.0 Å². The standard InChI is InChI=1S/C19H17NO2/c1-13-4-8-15(9-5-13)18(17(12-20)19(21)22-3)16-10-6-14(2)7-11-16/h4-11H,1-3H3. The smallest absolute Gasteiger partial charge is 0.349 e. The van der Waals surface area contributed by atoms with Crippen molar-refractivity contribution in [3.8, 4) is 6.07 Å². The minimum absolute atomic E-state index is 0.00945. The van der Waals surface area contributed by atoms with E-state index in [-0.39, 0.29) is 5.57 Å². The average molecular weight is 291 g/mol. The monoisotopic (exact) mass is 291 g/mol. The molecule has 3 nitrogen and oxygen atoms in total. The highest BCUT2D eigenvalue weighted by atomic mass is 16.5. The Labute approximate surface area is 130 Å². The highest BCUT2D eigenvalue weighted by Crippen LogP contribution is 2.28. The third-order valence-electron chi connectivity index (χ3n) is 3.43. The van der Waals surface area contributed by atoms with Gasteiger partial charge in [-0.25, -0.2) is 4.79 Å². The lowest BCUT2D eigenvalue weighted by Gasteiger charge is -2.11. The first-order valence-electron chi connectivity index (χ1n) is 6.93. The Hall–Kier alpha value is -2.86. The molecule has 0 atom stereocenters. The maximum Gasteiger partial charge on any atom is 0.349 e. The minimum atomic E-state index is -0.626. The Kier molecular flexibility index (Phi) is 4.75. The van der Waals surface area contributed by atoms with Crippen LogP contribution in [0.1, 0.15) is 22.3 Å². The second kappa shape index (κ2) is 6.73. The van der Waals surface area contributed by atoms with Crippen molar-refractivity contribution in [3.05, 3.63) is 76.4 Å². The third-order valence-corrected chi connectivity index (χ3v) is 3.43. The van der Waals surface area contributed by atoms with Crippen LogP contribution in [0.5, 0.6) is 0 Å². The first-order chi connectivity index (χ1) is 10.6. The molecule has 0 saturated heterocycles. The van der Waals surface area contributed by atoms with Crippen molar-refractivity contribution < 1.29 is 9.53 Å². The summed E-state index contributed by atoms with van der Waals surface area (Å²) in [7, 11) is 1.28. The van der Waals surface area contributed by atoms with E-state index < -0.39 is 5.97 Å². The number of hydrogen-bond acceptors (Lipinski definition) is 3. The second-order valence-electron chi connectivity index (χ2n) is 5.09. The van der Waals surface area contributed by atoms with E-state index in [2.05, 4.69) is 0 Å². The highest BCUT2D eigenvalue weighted by molar-refractivity contribution is 6.05. The van der Waals surface area contributed by atoms with Crippen LogP contribution in [0.25, 0.3) is 5.57 Å². The van der Waals surface area contributed by atoms with Gasteiger partial charge in [0.2, 0.25) is 0 Å². The predicted molar refractivity (Wildman–Crippen MR) is 86.0 cm³/mol. The number of aryl methyl sites for hydroxylation is 2. The van der Waals surface area contributed by atoms with Gasteiger partial charge >= 0.3 is 5.97 Å². The quantitative estimate of drug-likeness (QED) is 0.491. The molecule has 0 aliphatic heterocycles. The molecule has 0 N–H and O–H groups in total. The summed E-state index contributed by atoms with van der Waals surface area (Å²) in [6.45, 7) is 3.98. The molecule has 22 heavy (non-hydrogen) atoms. The van der Waals surface area contributed by atoms with Crippen molar-refractivity contribution in [2.75, 3.05) is 7.11 Å². The van der Waals surface area contributed by atoms with Crippen molar-refractivity contribution in [2.24, 2.45) is 0 Å². The average Bonchev–Trinajstić information content (AvgIpc) is 2.54. The normalized spacial score (nSPS) is 9.73. The molecule has 0 spiro atoms. The molecule has 3 heteroatoms. The van der Waals surface area contributed by atoms with Crippen molar-refractivity contribution in [2.45, 2.75) is 13.8 Å². The van der Waals surface area contributed by atoms with Gasteiger partial charge in [-0.2, -0.15) is 5.26 Å². The number of esters is 1. The first-order valence-corrected chi connectivity index (χ1v) is 6.93.